The van der Waals surface area contributed by atoms with Crippen LogP contribution in [-0.2, 0) is 6.42 Å². The highest BCUT2D eigenvalue weighted by atomic mass is 35.5. The fourth-order valence-electron chi connectivity index (χ4n) is 2.99. The first kappa shape index (κ1) is 19.7. The molecule has 0 spiro atoms. The summed E-state index contributed by atoms with van der Waals surface area (Å²) in [5.41, 5.74) is 3.89. The Morgan fingerprint density at radius 2 is 2.00 bits per heavy atom. The van der Waals surface area contributed by atoms with Gasteiger partial charge < -0.3 is 10.4 Å². The molecule has 1 atom stereocenters. The van der Waals surface area contributed by atoms with E-state index in [4.69, 9.17) is 4.99 Å². The van der Waals surface area contributed by atoms with Gasteiger partial charge in [0, 0.05) is 18.3 Å². The van der Waals surface area contributed by atoms with Crippen molar-refractivity contribution >= 4 is 35.3 Å². The Morgan fingerprint density at radius 3 is 2.65 bits per heavy atom. The van der Waals surface area contributed by atoms with E-state index in [1.807, 2.05) is 11.3 Å². The molecule has 1 aliphatic heterocycles. The standard InChI is InChI=1S/C18H22N2S.ClH.H2O/c1-4-7-17-19-15-9-6-5-8-14(15)12-16(20(17)3)18-13(2)10-11-21-18;;/h5-6,8-11,16H,4,7,12H2,1-3H3;1H;1H2. The van der Waals surface area contributed by atoms with Crippen molar-refractivity contribution in [2.75, 3.05) is 7.05 Å². The molecule has 2 heterocycles. The first-order chi connectivity index (χ1) is 10.2. The Balaban J connectivity index is 0.00000132. The zero-order valence-electron chi connectivity index (χ0n) is 13.9. The van der Waals surface area contributed by atoms with Gasteiger partial charge in [-0.1, -0.05) is 25.1 Å². The fraction of sp³-hybridized carbons (Fsp3) is 0.389. The van der Waals surface area contributed by atoms with E-state index in [0.717, 1.165) is 24.9 Å². The van der Waals surface area contributed by atoms with Crippen molar-refractivity contribution < 1.29 is 5.48 Å². The lowest BCUT2D eigenvalue weighted by Crippen LogP contribution is -2.31. The van der Waals surface area contributed by atoms with Crippen LogP contribution in [0.25, 0.3) is 0 Å². The monoisotopic (exact) mass is 352 g/mol. The number of aliphatic imine (C=N–C) groups is 1. The number of rotatable bonds is 3. The summed E-state index contributed by atoms with van der Waals surface area (Å²) in [7, 11) is 2.20. The number of halogens is 1. The molecule has 126 valence electrons. The summed E-state index contributed by atoms with van der Waals surface area (Å²) in [4.78, 5) is 8.81. The molecule has 5 heteroatoms. The lowest BCUT2D eigenvalue weighted by molar-refractivity contribution is 0.373. The van der Waals surface area contributed by atoms with E-state index in [1.54, 1.807) is 0 Å². The average Bonchev–Trinajstić information content (AvgIpc) is 2.85. The number of fused-ring (bicyclic) bond motifs is 1. The van der Waals surface area contributed by atoms with Gasteiger partial charge in [0.15, 0.2) is 0 Å². The van der Waals surface area contributed by atoms with E-state index in [2.05, 4.69) is 61.5 Å². The van der Waals surface area contributed by atoms with Crippen LogP contribution in [0.1, 0.15) is 41.8 Å². The third kappa shape index (κ3) is 3.94. The summed E-state index contributed by atoms with van der Waals surface area (Å²) in [6.45, 7) is 4.44. The molecule has 2 N–H and O–H groups in total. The van der Waals surface area contributed by atoms with Crippen LogP contribution in [0.15, 0.2) is 40.7 Å². The summed E-state index contributed by atoms with van der Waals surface area (Å²) in [6, 6.07) is 11.2. The van der Waals surface area contributed by atoms with Crippen LogP contribution in [0.4, 0.5) is 5.69 Å². The van der Waals surface area contributed by atoms with Gasteiger partial charge in [-0.15, -0.1) is 23.7 Å². The average molecular weight is 353 g/mol. The number of likely N-dealkylation sites (N-methyl/N-ethyl adjacent to an activating group) is 1. The van der Waals surface area contributed by atoms with Crippen molar-refractivity contribution in [2.24, 2.45) is 4.99 Å². The van der Waals surface area contributed by atoms with E-state index in [1.165, 1.54) is 21.8 Å². The molecule has 1 unspecified atom stereocenters. The number of hydrogen-bond acceptors (Lipinski definition) is 3. The molecule has 1 aromatic heterocycles. The van der Waals surface area contributed by atoms with Crippen molar-refractivity contribution in [3.63, 3.8) is 0 Å². The summed E-state index contributed by atoms with van der Waals surface area (Å²) in [6.07, 6.45) is 3.19. The van der Waals surface area contributed by atoms with Gasteiger partial charge in [0.2, 0.25) is 0 Å². The molecule has 0 aliphatic carbocycles. The van der Waals surface area contributed by atoms with Crippen LogP contribution in [0.5, 0.6) is 0 Å². The quantitative estimate of drug-likeness (QED) is 0.788. The normalized spacial score (nSPS) is 16.6. The predicted octanol–water partition coefficient (Wildman–Crippen LogP) is 4.71. The maximum absolute atomic E-state index is 4.95. The highest BCUT2D eigenvalue weighted by Crippen LogP contribution is 2.36. The van der Waals surface area contributed by atoms with Gasteiger partial charge in [-0.2, -0.15) is 0 Å². The van der Waals surface area contributed by atoms with Crippen LogP contribution < -0.4 is 0 Å². The molecule has 23 heavy (non-hydrogen) atoms. The van der Waals surface area contributed by atoms with Crippen molar-refractivity contribution in [3.8, 4) is 0 Å². The minimum atomic E-state index is 0. The van der Waals surface area contributed by atoms with Gasteiger partial charge in [-0.25, -0.2) is 4.99 Å². The maximum Gasteiger partial charge on any atom is 0.105 e. The second-order valence-corrected chi connectivity index (χ2v) is 6.65. The number of nitrogens with zero attached hydrogens (tertiary/aromatic N) is 2. The highest BCUT2D eigenvalue weighted by molar-refractivity contribution is 7.10. The second kappa shape index (κ2) is 8.48. The van der Waals surface area contributed by atoms with Crippen LogP contribution in [0.2, 0.25) is 0 Å². The smallest absolute Gasteiger partial charge is 0.105 e. The highest BCUT2D eigenvalue weighted by Gasteiger charge is 2.26. The van der Waals surface area contributed by atoms with Crippen LogP contribution in [-0.4, -0.2) is 23.3 Å². The summed E-state index contributed by atoms with van der Waals surface area (Å²) in [5, 5.41) is 2.20. The van der Waals surface area contributed by atoms with Crippen molar-refractivity contribution in [2.45, 2.75) is 39.2 Å². The van der Waals surface area contributed by atoms with Crippen molar-refractivity contribution in [1.29, 1.82) is 0 Å². The SMILES string of the molecule is CCCC1=Nc2ccccc2CC(c2sccc2C)N1C.Cl.O. The minimum absolute atomic E-state index is 0. The van der Waals surface area contributed by atoms with Crippen LogP contribution in [0, 0.1) is 6.92 Å². The number of benzene rings is 1. The molecule has 3 rings (SSSR count). The number of hydrogen-bond donors (Lipinski definition) is 0. The third-order valence-electron chi connectivity index (χ3n) is 4.21. The summed E-state index contributed by atoms with van der Waals surface area (Å²) < 4.78 is 0. The number of thiophene rings is 1. The zero-order valence-corrected chi connectivity index (χ0v) is 15.5. The molecular formula is C18H25ClN2OS. The molecule has 0 fully saturated rings. The first-order valence-corrected chi connectivity index (χ1v) is 8.51. The fourth-order valence-corrected chi connectivity index (χ4v) is 4.06. The molecule has 0 radical (unpaired) electrons. The van der Waals surface area contributed by atoms with Gasteiger partial charge in [-0.3, -0.25) is 0 Å². The Hall–Kier alpha value is -1.36. The van der Waals surface area contributed by atoms with E-state index < -0.39 is 0 Å². The second-order valence-electron chi connectivity index (χ2n) is 5.71. The Labute approximate surface area is 148 Å². The molecule has 2 aromatic rings. The largest absolute Gasteiger partial charge is 0.412 e. The lowest BCUT2D eigenvalue weighted by atomic mass is 10.0. The Morgan fingerprint density at radius 1 is 1.26 bits per heavy atom. The van der Waals surface area contributed by atoms with E-state index in [-0.39, 0.29) is 17.9 Å². The number of amidine groups is 1. The van der Waals surface area contributed by atoms with Gasteiger partial charge >= 0.3 is 0 Å². The molecule has 1 aliphatic rings. The maximum atomic E-state index is 4.95. The topological polar surface area (TPSA) is 47.1 Å². The number of aryl methyl sites for hydroxylation is 1. The Kier molecular flexibility index (Phi) is 7.26. The van der Waals surface area contributed by atoms with Crippen molar-refractivity contribution in [3.05, 3.63) is 51.7 Å². The minimum Gasteiger partial charge on any atom is -0.412 e. The lowest BCUT2D eigenvalue weighted by Gasteiger charge is -2.29. The van der Waals surface area contributed by atoms with Gasteiger partial charge in [0.25, 0.3) is 0 Å². The summed E-state index contributed by atoms with van der Waals surface area (Å²) in [5.74, 6) is 1.21. The van der Waals surface area contributed by atoms with Gasteiger partial charge in [0.05, 0.1) is 11.7 Å². The van der Waals surface area contributed by atoms with Crippen LogP contribution in [0.3, 0.4) is 0 Å². The van der Waals surface area contributed by atoms with Gasteiger partial charge in [0.1, 0.15) is 5.84 Å². The van der Waals surface area contributed by atoms with E-state index in [9.17, 15) is 0 Å². The van der Waals surface area contributed by atoms with Crippen molar-refractivity contribution in [1.82, 2.24) is 4.90 Å². The van der Waals surface area contributed by atoms with E-state index in [0.29, 0.717) is 6.04 Å². The molecule has 0 saturated heterocycles. The zero-order chi connectivity index (χ0) is 14.8. The molecule has 3 nitrogen and oxygen atoms in total. The predicted molar refractivity (Wildman–Crippen MR) is 103 cm³/mol. The first-order valence-electron chi connectivity index (χ1n) is 7.63. The van der Waals surface area contributed by atoms with Crippen LogP contribution >= 0.6 is 23.7 Å². The molecule has 1 aromatic carbocycles. The molecule has 0 amide bonds. The molecule has 0 bridgehead atoms. The summed E-state index contributed by atoms with van der Waals surface area (Å²) >= 11 is 1.87. The molecular weight excluding hydrogens is 328 g/mol. The Bertz CT molecular complexity index is 669. The third-order valence-corrected chi connectivity index (χ3v) is 5.33. The van der Waals surface area contributed by atoms with E-state index >= 15 is 0 Å². The van der Waals surface area contributed by atoms with Gasteiger partial charge in [-0.05, 0) is 48.4 Å². The molecule has 0 saturated carbocycles. The number of para-hydroxylation sites is 1.